The van der Waals surface area contributed by atoms with Crippen molar-refractivity contribution in [2.75, 3.05) is 7.05 Å². The SMILES string of the molecule is CNC(c1ccccc1F)c1cccc(Br)c1Cl. The topological polar surface area (TPSA) is 12.0 Å². The Kier molecular flexibility index (Phi) is 4.38. The third-order valence-electron chi connectivity index (χ3n) is 2.80. The quantitative estimate of drug-likeness (QED) is 0.871. The van der Waals surface area contributed by atoms with E-state index in [0.717, 1.165) is 10.0 Å². The van der Waals surface area contributed by atoms with Crippen LogP contribution in [-0.2, 0) is 0 Å². The Bertz CT molecular complexity index is 559. The first kappa shape index (κ1) is 13.5. The van der Waals surface area contributed by atoms with Crippen LogP contribution in [0.2, 0.25) is 5.02 Å². The molecule has 0 aliphatic heterocycles. The number of rotatable bonds is 3. The molecular weight excluding hydrogens is 317 g/mol. The maximum atomic E-state index is 13.8. The molecule has 0 saturated heterocycles. The minimum atomic E-state index is -0.267. The molecule has 0 fully saturated rings. The monoisotopic (exact) mass is 327 g/mol. The number of hydrogen-bond acceptors (Lipinski definition) is 1. The molecule has 1 N–H and O–H groups in total. The van der Waals surface area contributed by atoms with Crippen LogP contribution in [0.25, 0.3) is 0 Å². The lowest BCUT2D eigenvalue weighted by atomic mass is 9.98. The third kappa shape index (κ3) is 2.58. The van der Waals surface area contributed by atoms with Gasteiger partial charge in [-0.25, -0.2) is 4.39 Å². The second-order valence-corrected chi connectivity index (χ2v) is 5.12. The molecule has 0 bridgehead atoms. The molecule has 1 nitrogen and oxygen atoms in total. The summed E-state index contributed by atoms with van der Waals surface area (Å²) in [5, 5.41) is 3.70. The molecule has 0 aliphatic carbocycles. The van der Waals surface area contributed by atoms with E-state index in [4.69, 9.17) is 11.6 Å². The molecule has 94 valence electrons. The van der Waals surface area contributed by atoms with Crippen molar-refractivity contribution in [2.24, 2.45) is 0 Å². The summed E-state index contributed by atoms with van der Waals surface area (Å²) in [5.74, 6) is -0.243. The summed E-state index contributed by atoms with van der Waals surface area (Å²) in [4.78, 5) is 0. The molecule has 18 heavy (non-hydrogen) atoms. The van der Waals surface area contributed by atoms with Gasteiger partial charge in [-0.15, -0.1) is 0 Å². The summed E-state index contributed by atoms with van der Waals surface area (Å²) in [6, 6.07) is 12.1. The van der Waals surface area contributed by atoms with Gasteiger partial charge in [-0.05, 0) is 40.7 Å². The van der Waals surface area contributed by atoms with E-state index in [1.54, 1.807) is 19.2 Å². The maximum absolute atomic E-state index is 13.8. The average Bonchev–Trinajstić information content (AvgIpc) is 2.37. The van der Waals surface area contributed by atoms with Gasteiger partial charge in [0.15, 0.2) is 0 Å². The predicted octanol–water partition coefficient (Wildman–Crippen LogP) is 4.55. The molecule has 0 aliphatic rings. The van der Waals surface area contributed by atoms with Crippen LogP contribution in [0.1, 0.15) is 17.2 Å². The molecule has 0 radical (unpaired) electrons. The number of nitrogens with one attached hydrogen (secondary N) is 1. The first-order valence-electron chi connectivity index (χ1n) is 5.50. The molecule has 0 heterocycles. The zero-order chi connectivity index (χ0) is 13.1. The van der Waals surface area contributed by atoms with Crippen LogP contribution in [0.4, 0.5) is 4.39 Å². The van der Waals surface area contributed by atoms with E-state index < -0.39 is 0 Å². The van der Waals surface area contributed by atoms with Crippen molar-refractivity contribution in [3.8, 4) is 0 Å². The Balaban J connectivity index is 2.53. The Morgan fingerprint density at radius 1 is 1.11 bits per heavy atom. The first-order chi connectivity index (χ1) is 8.65. The minimum Gasteiger partial charge on any atom is -0.309 e. The lowest BCUT2D eigenvalue weighted by molar-refractivity contribution is 0.576. The molecule has 0 saturated carbocycles. The molecular formula is C14H12BrClFN. The van der Waals surface area contributed by atoms with E-state index in [2.05, 4.69) is 21.2 Å². The van der Waals surface area contributed by atoms with Crippen LogP contribution in [0.15, 0.2) is 46.9 Å². The summed E-state index contributed by atoms with van der Waals surface area (Å²) in [6.07, 6.45) is 0. The van der Waals surface area contributed by atoms with Crippen molar-refractivity contribution in [1.29, 1.82) is 0 Å². The molecule has 0 amide bonds. The maximum Gasteiger partial charge on any atom is 0.128 e. The van der Waals surface area contributed by atoms with Crippen molar-refractivity contribution >= 4 is 27.5 Å². The molecule has 0 aromatic heterocycles. The van der Waals surface area contributed by atoms with E-state index in [1.807, 2.05) is 24.3 Å². The zero-order valence-corrected chi connectivity index (χ0v) is 12.1. The predicted molar refractivity (Wildman–Crippen MR) is 76.5 cm³/mol. The summed E-state index contributed by atoms with van der Waals surface area (Å²) < 4.78 is 14.7. The smallest absolute Gasteiger partial charge is 0.128 e. The van der Waals surface area contributed by atoms with Crippen molar-refractivity contribution in [1.82, 2.24) is 5.32 Å². The normalized spacial score (nSPS) is 12.4. The molecule has 1 unspecified atom stereocenters. The second-order valence-electron chi connectivity index (χ2n) is 3.89. The molecule has 0 spiro atoms. The van der Waals surface area contributed by atoms with E-state index in [-0.39, 0.29) is 11.9 Å². The highest BCUT2D eigenvalue weighted by molar-refractivity contribution is 9.10. The average molecular weight is 329 g/mol. The van der Waals surface area contributed by atoms with Crippen molar-refractivity contribution in [2.45, 2.75) is 6.04 Å². The largest absolute Gasteiger partial charge is 0.309 e. The Hall–Kier alpha value is -0.900. The van der Waals surface area contributed by atoms with Gasteiger partial charge in [0.2, 0.25) is 0 Å². The van der Waals surface area contributed by atoms with Crippen molar-refractivity contribution in [3.05, 3.63) is 68.9 Å². The summed E-state index contributed by atoms with van der Waals surface area (Å²) in [6.45, 7) is 0. The van der Waals surface area contributed by atoms with Gasteiger partial charge in [0.05, 0.1) is 11.1 Å². The van der Waals surface area contributed by atoms with Gasteiger partial charge in [-0.2, -0.15) is 0 Å². The Labute approximate surface area is 119 Å². The number of benzene rings is 2. The Morgan fingerprint density at radius 3 is 2.44 bits per heavy atom. The molecule has 2 rings (SSSR count). The third-order valence-corrected chi connectivity index (χ3v) is 4.11. The summed E-state index contributed by atoms with van der Waals surface area (Å²) >= 11 is 9.64. The molecule has 2 aromatic rings. The lowest BCUT2D eigenvalue weighted by Gasteiger charge is -2.19. The standard InChI is InChI=1S/C14H12BrClFN/c1-18-14(9-5-2-3-8-12(9)17)10-6-4-7-11(15)13(10)16/h2-8,14,18H,1H3. The van der Waals surface area contributed by atoms with Crippen LogP contribution >= 0.6 is 27.5 Å². The fourth-order valence-electron chi connectivity index (χ4n) is 1.93. The van der Waals surface area contributed by atoms with Crippen molar-refractivity contribution < 1.29 is 4.39 Å². The van der Waals surface area contributed by atoms with Crippen LogP contribution in [0.3, 0.4) is 0 Å². The van der Waals surface area contributed by atoms with Gasteiger partial charge >= 0.3 is 0 Å². The second kappa shape index (κ2) is 5.83. The number of hydrogen-bond donors (Lipinski definition) is 1. The van der Waals surface area contributed by atoms with Gasteiger partial charge in [0.1, 0.15) is 5.82 Å². The van der Waals surface area contributed by atoms with Crippen LogP contribution in [0, 0.1) is 5.82 Å². The van der Waals surface area contributed by atoms with Gasteiger partial charge in [0, 0.05) is 10.0 Å². The highest BCUT2D eigenvalue weighted by Gasteiger charge is 2.19. The lowest BCUT2D eigenvalue weighted by Crippen LogP contribution is -2.19. The molecule has 1 atom stereocenters. The van der Waals surface area contributed by atoms with Gasteiger partial charge in [0.25, 0.3) is 0 Å². The van der Waals surface area contributed by atoms with E-state index in [1.165, 1.54) is 6.07 Å². The number of halogens is 3. The fourth-order valence-corrected chi connectivity index (χ4v) is 2.55. The van der Waals surface area contributed by atoms with E-state index in [9.17, 15) is 4.39 Å². The van der Waals surface area contributed by atoms with Crippen LogP contribution in [-0.4, -0.2) is 7.05 Å². The molecule has 4 heteroatoms. The van der Waals surface area contributed by atoms with Crippen LogP contribution in [0.5, 0.6) is 0 Å². The highest BCUT2D eigenvalue weighted by Crippen LogP contribution is 2.33. The van der Waals surface area contributed by atoms with Gasteiger partial charge < -0.3 is 5.32 Å². The fraction of sp³-hybridized carbons (Fsp3) is 0.143. The van der Waals surface area contributed by atoms with Gasteiger partial charge in [-0.1, -0.05) is 41.9 Å². The summed E-state index contributed by atoms with van der Waals surface area (Å²) in [5.41, 5.74) is 1.43. The van der Waals surface area contributed by atoms with E-state index in [0.29, 0.717) is 10.6 Å². The van der Waals surface area contributed by atoms with Crippen molar-refractivity contribution in [3.63, 3.8) is 0 Å². The summed E-state index contributed by atoms with van der Waals surface area (Å²) in [7, 11) is 1.79. The van der Waals surface area contributed by atoms with E-state index >= 15 is 0 Å². The Morgan fingerprint density at radius 2 is 1.78 bits per heavy atom. The first-order valence-corrected chi connectivity index (χ1v) is 6.68. The zero-order valence-electron chi connectivity index (χ0n) is 9.75. The molecule has 2 aromatic carbocycles. The minimum absolute atomic E-state index is 0.243. The highest BCUT2D eigenvalue weighted by atomic mass is 79.9. The van der Waals surface area contributed by atoms with Crippen LogP contribution < -0.4 is 5.32 Å². The van der Waals surface area contributed by atoms with Gasteiger partial charge in [-0.3, -0.25) is 0 Å².